The van der Waals surface area contributed by atoms with E-state index in [1.165, 1.54) is 60.8 Å². The third kappa shape index (κ3) is 16.0. The molecule has 1 fully saturated rings. The number of carbonyl (C=O) groups excluding carboxylic acids is 1. The highest BCUT2D eigenvalue weighted by Crippen LogP contribution is 2.23. The zero-order valence-corrected chi connectivity index (χ0v) is 23.4. The van der Waals surface area contributed by atoms with Crippen LogP contribution < -0.4 is 5.32 Å². The number of hydrogen-bond acceptors (Lipinski definition) is 2. The first-order chi connectivity index (χ1) is 16.1. The zero-order chi connectivity index (χ0) is 25.4. The number of carbonyl (C=O) groups is 1. The van der Waals surface area contributed by atoms with E-state index in [-0.39, 0.29) is 6.09 Å². The van der Waals surface area contributed by atoms with E-state index in [1.807, 2.05) is 13.8 Å². The highest BCUT2D eigenvalue weighted by atomic mass is 16.6. The number of allylic oxidation sites excluding steroid dienone is 7. The predicted octanol–water partition coefficient (Wildman–Crippen LogP) is 9.61. The molecule has 0 aromatic carbocycles. The highest BCUT2D eigenvalue weighted by Gasteiger charge is 2.22. The van der Waals surface area contributed by atoms with E-state index in [1.54, 1.807) is 0 Å². The van der Waals surface area contributed by atoms with Crippen LogP contribution in [0.5, 0.6) is 0 Å². The second-order valence-electron chi connectivity index (χ2n) is 11.3. The van der Waals surface area contributed by atoms with E-state index < -0.39 is 5.60 Å². The van der Waals surface area contributed by atoms with E-state index in [0.717, 1.165) is 45.1 Å². The first-order valence-corrected chi connectivity index (χ1v) is 13.6. The lowest BCUT2D eigenvalue weighted by atomic mass is 9.89. The minimum atomic E-state index is -0.487. The number of alkyl carbamates (subject to hydrolysis) is 1. The van der Waals surface area contributed by atoms with Gasteiger partial charge in [-0.2, -0.15) is 0 Å². The van der Waals surface area contributed by atoms with Gasteiger partial charge in [0.2, 0.25) is 0 Å². The molecule has 0 atom stereocenters. The van der Waals surface area contributed by atoms with E-state index in [4.69, 9.17) is 4.74 Å². The summed E-state index contributed by atoms with van der Waals surface area (Å²) in [5.74, 6) is 0.621. The average Bonchev–Trinajstić information content (AvgIpc) is 2.76. The molecule has 0 spiro atoms. The van der Waals surface area contributed by atoms with Crippen LogP contribution in [0.15, 0.2) is 46.6 Å². The van der Waals surface area contributed by atoms with Crippen molar-refractivity contribution in [2.24, 2.45) is 5.92 Å². The third-order valence-electron chi connectivity index (χ3n) is 6.73. The van der Waals surface area contributed by atoms with E-state index in [0.29, 0.717) is 5.92 Å². The normalized spacial score (nSPS) is 16.4. The quantitative estimate of drug-likeness (QED) is 0.256. The minimum absolute atomic E-state index is 0.276. The molecule has 0 unspecified atom stereocenters. The van der Waals surface area contributed by atoms with E-state index >= 15 is 0 Å². The van der Waals surface area contributed by atoms with Gasteiger partial charge in [-0.1, -0.05) is 65.9 Å². The number of hydrogen-bond donors (Lipinski definition) is 1. The lowest BCUT2D eigenvalue weighted by Gasteiger charge is -2.26. The number of nitrogens with one attached hydrogen (secondary N) is 1. The van der Waals surface area contributed by atoms with Crippen LogP contribution in [-0.4, -0.2) is 18.2 Å². The Bertz CT molecular complexity index is 714. The van der Waals surface area contributed by atoms with Gasteiger partial charge < -0.3 is 10.1 Å². The lowest BCUT2D eigenvalue weighted by Crippen LogP contribution is -2.37. The summed E-state index contributed by atoms with van der Waals surface area (Å²) in [5, 5.41) is 2.98. The van der Waals surface area contributed by atoms with Crippen molar-refractivity contribution in [1.29, 1.82) is 0 Å². The molecule has 1 rings (SSSR count). The Hall–Kier alpha value is -1.77. The molecule has 0 aromatic heterocycles. The highest BCUT2D eigenvalue weighted by molar-refractivity contribution is 5.67. The van der Waals surface area contributed by atoms with Crippen molar-refractivity contribution in [3.05, 3.63) is 46.6 Å². The standard InChI is InChI=1S/C31H53NO2/c1-25(2)14-11-15-26(3)16-12-17-27(4)18-13-19-28(5)22-23-31(6,7)34-30(33)32-24-29-20-9-8-10-21-29/h14,16,18,22,29H,8-13,15,17,19-21,23-24H2,1-7H3,(H,32,33)/b26-16+,27-18+,28-22+. The monoisotopic (exact) mass is 471 g/mol. The van der Waals surface area contributed by atoms with E-state index in [2.05, 4.69) is 64.2 Å². The minimum Gasteiger partial charge on any atom is -0.443 e. The van der Waals surface area contributed by atoms with E-state index in [9.17, 15) is 4.79 Å². The van der Waals surface area contributed by atoms with Gasteiger partial charge in [0.05, 0.1) is 0 Å². The summed E-state index contributed by atoms with van der Waals surface area (Å²) in [6, 6.07) is 0. The molecule has 3 nitrogen and oxygen atoms in total. The van der Waals surface area contributed by atoms with Crippen molar-refractivity contribution in [3.63, 3.8) is 0 Å². The van der Waals surface area contributed by atoms with Gasteiger partial charge >= 0.3 is 6.09 Å². The van der Waals surface area contributed by atoms with Gasteiger partial charge in [0.15, 0.2) is 0 Å². The summed E-state index contributed by atoms with van der Waals surface area (Å²) in [5.41, 5.74) is 5.25. The van der Waals surface area contributed by atoms with Crippen LogP contribution in [0.2, 0.25) is 0 Å². The Morgan fingerprint density at radius 1 is 0.794 bits per heavy atom. The van der Waals surface area contributed by atoms with Gasteiger partial charge in [0.1, 0.15) is 5.60 Å². The van der Waals surface area contributed by atoms with Crippen molar-refractivity contribution in [3.8, 4) is 0 Å². The van der Waals surface area contributed by atoms with Crippen LogP contribution in [0, 0.1) is 5.92 Å². The first-order valence-electron chi connectivity index (χ1n) is 13.6. The molecular formula is C31H53NO2. The maximum atomic E-state index is 12.2. The Kier molecular flexibility index (Phi) is 14.9. The molecular weight excluding hydrogens is 418 g/mol. The van der Waals surface area contributed by atoms with Crippen LogP contribution in [-0.2, 0) is 4.74 Å². The van der Waals surface area contributed by atoms with Gasteiger partial charge in [0.25, 0.3) is 0 Å². The van der Waals surface area contributed by atoms with Crippen LogP contribution in [0.3, 0.4) is 0 Å². The fourth-order valence-electron chi connectivity index (χ4n) is 4.35. The molecule has 194 valence electrons. The van der Waals surface area contributed by atoms with Crippen molar-refractivity contribution in [2.45, 2.75) is 131 Å². The van der Waals surface area contributed by atoms with Gasteiger partial charge in [-0.05, 0) is 106 Å². The average molecular weight is 472 g/mol. The Morgan fingerprint density at radius 3 is 1.82 bits per heavy atom. The van der Waals surface area contributed by atoms with Gasteiger partial charge in [-0.25, -0.2) is 4.79 Å². The summed E-state index contributed by atoms with van der Waals surface area (Å²) in [4.78, 5) is 12.2. The van der Waals surface area contributed by atoms with Crippen molar-refractivity contribution < 1.29 is 9.53 Å². The summed E-state index contributed by atoms with van der Waals surface area (Å²) in [6.45, 7) is 15.7. The Morgan fingerprint density at radius 2 is 1.29 bits per heavy atom. The molecule has 0 radical (unpaired) electrons. The second-order valence-corrected chi connectivity index (χ2v) is 11.3. The molecule has 0 aromatic rings. The zero-order valence-electron chi connectivity index (χ0n) is 23.4. The summed E-state index contributed by atoms with van der Waals surface area (Å²) in [7, 11) is 0. The fraction of sp³-hybridized carbons (Fsp3) is 0.710. The Balaban J connectivity index is 2.27. The van der Waals surface area contributed by atoms with Crippen molar-refractivity contribution in [2.75, 3.05) is 6.54 Å². The maximum absolute atomic E-state index is 12.2. The molecule has 1 saturated carbocycles. The molecule has 1 amide bonds. The first kappa shape index (κ1) is 30.3. The Labute approximate surface area is 211 Å². The molecule has 0 saturated heterocycles. The van der Waals surface area contributed by atoms with Crippen molar-refractivity contribution in [1.82, 2.24) is 5.32 Å². The summed E-state index contributed by atoms with van der Waals surface area (Å²) in [6.07, 6.45) is 22.9. The SMILES string of the molecule is CC(C)=CCC/C(C)=C/CC/C(C)=C/CC/C(C)=C/CC(C)(C)OC(=O)NCC1CCCCC1. The molecule has 1 aliphatic carbocycles. The molecule has 34 heavy (non-hydrogen) atoms. The number of rotatable bonds is 14. The fourth-order valence-corrected chi connectivity index (χ4v) is 4.35. The molecule has 0 aliphatic heterocycles. The van der Waals surface area contributed by atoms with Gasteiger partial charge in [-0.3, -0.25) is 0 Å². The lowest BCUT2D eigenvalue weighted by molar-refractivity contribution is 0.0400. The third-order valence-corrected chi connectivity index (χ3v) is 6.73. The van der Waals surface area contributed by atoms with Gasteiger partial charge in [0, 0.05) is 13.0 Å². The summed E-state index contributed by atoms with van der Waals surface area (Å²) < 4.78 is 5.71. The largest absolute Gasteiger partial charge is 0.443 e. The molecule has 3 heteroatoms. The predicted molar refractivity (Wildman–Crippen MR) is 148 cm³/mol. The number of amides is 1. The van der Waals surface area contributed by atoms with Gasteiger partial charge in [-0.15, -0.1) is 0 Å². The van der Waals surface area contributed by atoms with Crippen LogP contribution >= 0.6 is 0 Å². The molecule has 1 N–H and O–H groups in total. The molecule has 0 bridgehead atoms. The molecule has 1 aliphatic rings. The summed E-state index contributed by atoms with van der Waals surface area (Å²) >= 11 is 0. The number of ether oxygens (including phenoxy) is 1. The van der Waals surface area contributed by atoms with Crippen molar-refractivity contribution >= 4 is 6.09 Å². The van der Waals surface area contributed by atoms with Crippen LogP contribution in [0.1, 0.15) is 126 Å². The molecule has 0 heterocycles. The second kappa shape index (κ2) is 16.8. The maximum Gasteiger partial charge on any atom is 0.407 e. The topological polar surface area (TPSA) is 38.3 Å². The van der Waals surface area contributed by atoms with Crippen LogP contribution in [0.4, 0.5) is 4.79 Å². The van der Waals surface area contributed by atoms with Crippen LogP contribution in [0.25, 0.3) is 0 Å². The smallest absolute Gasteiger partial charge is 0.407 e.